The van der Waals surface area contributed by atoms with Gasteiger partial charge in [0.1, 0.15) is 7.05 Å². The Morgan fingerprint density at radius 3 is 2.26 bits per heavy atom. The summed E-state index contributed by atoms with van der Waals surface area (Å²) in [6.07, 6.45) is 4.22. The van der Waals surface area contributed by atoms with Gasteiger partial charge in [-0.1, -0.05) is 11.6 Å². The van der Waals surface area contributed by atoms with Crippen LogP contribution in [0.15, 0.2) is 36.7 Å². The van der Waals surface area contributed by atoms with Crippen molar-refractivity contribution in [3.8, 4) is 0 Å². The molecular weight excluding hydrogens is 333 g/mol. The summed E-state index contributed by atoms with van der Waals surface area (Å²) in [6.45, 7) is 2.13. The molecule has 1 N–H and O–H groups in total. The standard InChI is InChI=1S/C13H12N2.CHF3O3S/c1-9-3-4-12-10(7-9)11-8-15(2)6-5-13(11)14-12;2-1(3,4)8(5,6)7/h3-8H,1-2H3;(H,5,6,7). The summed E-state index contributed by atoms with van der Waals surface area (Å²) in [5.74, 6) is 0. The highest BCUT2D eigenvalue weighted by Gasteiger charge is 2.36. The maximum absolute atomic E-state index is 10.7. The molecule has 0 fully saturated rings. The van der Waals surface area contributed by atoms with Crippen molar-refractivity contribution >= 4 is 31.9 Å². The number of rotatable bonds is 0. The molecule has 0 bridgehead atoms. The SMILES string of the molecule is Cc1ccc2[nH]c3cc[n+](C)cc3c2c1.O=S(=O)([O-])C(F)(F)F. The second-order valence-corrected chi connectivity index (χ2v) is 6.38. The number of aromatic amines is 1. The Hall–Kier alpha value is -2.13. The molecule has 0 saturated heterocycles. The van der Waals surface area contributed by atoms with Gasteiger partial charge in [-0.3, -0.25) is 0 Å². The van der Waals surface area contributed by atoms with Crippen molar-refractivity contribution in [2.75, 3.05) is 0 Å². The first kappa shape index (κ1) is 17.2. The molecule has 2 heterocycles. The van der Waals surface area contributed by atoms with E-state index in [1.165, 1.54) is 27.4 Å². The Bertz CT molecular complexity index is 906. The molecule has 5 nitrogen and oxygen atoms in total. The van der Waals surface area contributed by atoms with Crippen molar-refractivity contribution < 1.29 is 30.7 Å². The molecule has 0 unspecified atom stereocenters. The van der Waals surface area contributed by atoms with Crippen molar-refractivity contribution in [3.63, 3.8) is 0 Å². The highest BCUT2D eigenvalue weighted by molar-refractivity contribution is 7.86. The number of aryl methyl sites for hydroxylation is 2. The number of pyridine rings is 1. The van der Waals surface area contributed by atoms with E-state index in [1.807, 2.05) is 7.05 Å². The Kier molecular flexibility index (Phi) is 4.36. The Morgan fingerprint density at radius 1 is 1.13 bits per heavy atom. The highest BCUT2D eigenvalue weighted by Crippen LogP contribution is 2.24. The lowest BCUT2D eigenvalue weighted by atomic mass is 10.1. The van der Waals surface area contributed by atoms with Crippen LogP contribution in [0, 0.1) is 6.92 Å². The average Bonchev–Trinajstić information content (AvgIpc) is 2.75. The second kappa shape index (κ2) is 5.82. The molecule has 124 valence electrons. The first-order valence-electron chi connectivity index (χ1n) is 6.38. The summed E-state index contributed by atoms with van der Waals surface area (Å²) in [5, 5.41) is 2.60. The van der Waals surface area contributed by atoms with Crippen LogP contribution in [0.1, 0.15) is 5.56 Å². The number of nitrogens with zero attached hydrogens (tertiary/aromatic N) is 1. The minimum Gasteiger partial charge on any atom is -0.741 e. The first-order valence-corrected chi connectivity index (χ1v) is 7.79. The number of halogens is 3. The molecule has 1 aromatic carbocycles. The van der Waals surface area contributed by atoms with Crippen LogP contribution in [0.2, 0.25) is 0 Å². The summed E-state index contributed by atoms with van der Waals surface area (Å²) in [4.78, 5) is 3.42. The van der Waals surface area contributed by atoms with Crippen molar-refractivity contribution in [2.45, 2.75) is 12.4 Å². The molecular formula is C14H13F3N2O3S. The maximum Gasteiger partial charge on any atom is 0.485 e. The van der Waals surface area contributed by atoms with E-state index in [2.05, 4.69) is 53.1 Å². The minimum atomic E-state index is -6.09. The van der Waals surface area contributed by atoms with E-state index in [0.29, 0.717) is 0 Å². The van der Waals surface area contributed by atoms with Crippen LogP contribution in [0.4, 0.5) is 13.2 Å². The van der Waals surface area contributed by atoms with E-state index in [1.54, 1.807) is 0 Å². The molecule has 0 radical (unpaired) electrons. The fraction of sp³-hybridized carbons (Fsp3) is 0.214. The first-order chi connectivity index (χ1) is 10.5. The molecule has 0 atom stereocenters. The molecule has 0 aliphatic heterocycles. The summed E-state index contributed by atoms with van der Waals surface area (Å²) < 4.78 is 61.0. The van der Waals surface area contributed by atoms with Crippen molar-refractivity contribution in [1.82, 2.24) is 4.98 Å². The lowest BCUT2D eigenvalue weighted by Gasteiger charge is -2.08. The van der Waals surface area contributed by atoms with Gasteiger partial charge in [-0.05, 0) is 19.1 Å². The summed E-state index contributed by atoms with van der Waals surface area (Å²) in [5.41, 5.74) is -1.93. The van der Waals surface area contributed by atoms with Crippen LogP contribution < -0.4 is 4.57 Å². The molecule has 9 heteroatoms. The molecule has 2 aromatic heterocycles. The van der Waals surface area contributed by atoms with Crippen LogP contribution in [0.5, 0.6) is 0 Å². The predicted octanol–water partition coefficient (Wildman–Crippen LogP) is 2.51. The van der Waals surface area contributed by atoms with Gasteiger partial charge in [-0.15, -0.1) is 0 Å². The summed E-state index contributed by atoms with van der Waals surface area (Å²) >= 11 is 0. The van der Waals surface area contributed by atoms with Crippen molar-refractivity contribution in [2.24, 2.45) is 7.05 Å². The number of hydrogen-bond donors (Lipinski definition) is 1. The minimum absolute atomic E-state index is 1.20. The topological polar surface area (TPSA) is 76.9 Å². The van der Waals surface area contributed by atoms with Gasteiger partial charge in [0.2, 0.25) is 0 Å². The van der Waals surface area contributed by atoms with Gasteiger partial charge < -0.3 is 9.54 Å². The van der Waals surface area contributed by atoms with Crippen LogP contribution >= 0.6 is 0 Å². The van der Waals surface area contributed by atoms with Gasteiger partial charge in [0.05, 0.1) is 10.9 Å². The van der Waals surface area contributed by atoms with Crippen LogP contribution in [-0.2, 0) is 17.2 Å². The van der Waals surface area contributed by atoms with Gasteiger partial charge >= 0.3 is 5.51 Å². The molecule has 0 saturated carbocycles. The smallest absolute Gasteiger partial charge is 0.485 e. The zero-order valence-electron chi connectivity index (χ0n) is 12.2. The quantitative estimate of drug-likeness (QED) is 0.386. The normalized spacial score (nSPS) is 12.3. The third-order valence-electron chi connectivity index (χ3n) is 3.12. The summed E-state index contributed by atoms with van der Waals surface area (Å²) in [7, 11) is -4.04. The third kappa shape index (κ3) is 3.80. The molecule has 3 aromatic rings. The monoisotopic (exact) mass is 346 g/mol. The van der Waals surface area contributed by atoms with E-state index in [9.17, 15) is 13.2 Å². The van der Waals surface area contributed by atoms with E-state index >= 15 is 0 Å². The Balaban J connectivity index is 0.000000207. The Labute approximate surface area is 130 Å². The molecule has 0 amide bonds. The number of nitrogens with one attached hydrogen (secondary N) is 1. The third-order valence-corrected chi connectivity index (χ3v) is 3.68. The van der Waals surface area contributed by atoms with Gasteiger partial charge in [0.25, 0.3) is 0 Å². The number of benzene rings is 1. The number of fused-ring (bicyclic) bond motifs is 3. The molecule has 23 heavy (non-hydrogen) atoms. The van der Waals surface area contributed by atoms with Crippen molar-refractivity contribution in [3.05, 3.63) is 42.2 Å². The van der Waals surface area contributed by atoms with Crippen molar-refractivity contribution in [1.29, 1.82) is 0 Å². The summed E-state index contributed by atoms with van der Waals surface area (Å²) in [6, 6.07) is 8.63. The van der Waals surface area contributed by atoms with Crippen LogP contribution in [0.3, 0.4) is 0 Å². The van der Waals surface area contributed by atoms with Crippen LogP contribution in [0.25, 0.3) is 21.8 Å². The van der Waals surface area contributed by atoms with Gasteiger partial charge in [0.15, 0.2) is 22.5 Å². The molecule has 0 aliphatic carbocycles. The zero-order chi connectivity index (χ0) is 17.4. The van der Waals surface area contributed by atoms with E-state index in [-0.39, 0.29) is 0 Å². The van der Waals surface area contributed by atoms with Gasteiger partial charge in [-0.2, -0.15) is 13.2 Å². The predicted molar refractivity (Wildman–Crippen MR) is 77.5 cm³/mol. The van der Waals surface area contributed by atoms with Gasteiger partial charge in [-0.25, -0.2) is 13.0 Å². The van der Waals surface area contributed by atoms with E-state index in [4.69, 9.17) is 13.0 Å². The fourth-order valence-corrected chi connectivity index (χ4v) is 2.06. The second-order valence-electron chi connectivity index (χ2n) is 5.01. The lowest BCUT2D eigenvalue weighted by Crippen LogP contribution is -2.25. The number of H-pyrrole nitrogens is 1. The van der Waals surface area contributed by atoms with E-state index in [0.717, 1.165) is 0 Å². The number of alkyl halides is 3. The number of hydrogen-bond acceptors (Lipinski definition) is 3. The van der Waals surface area contributed by atoms with Gasteiger partial charge in [0, 0.05) is 17.0 Å². The largest absolute Gasteiger partial charge is 0.741 e. The average molecular weight is 346 g/mol. The fourth-order valence-electron chi connectivity index (χ4n) is 2.06. The zero-order valence-corrected chi connectivity index (χ0v) is 13.0. The highest BCUT2D eigenvalue weighted by atomic mass is 32.2. The van der Waals surface area contributed by atoms with E-state index < -0.39 is 15.6 Å². The lowest BCUT2D eigenvalue weighted by molar-refractivity contribution is -0.670. The molecule has 0 spiro atoms. The maximum atomic E-state index is 10.7. The van der Waals surface area contributed by atoms with Crippen LogP contribution in [-0.4, -0.2) is 23.5 Å². The Morgan fingerprint density at radius 2 is 1.70 bits per heavy atom. The molecule has 3 rings (SSSR count). The number of aromatic nitrogens is 2. The molecule has 0 aliphatic rings.